The molecule has 4 amide bonds. The number of halogens is 1. The molecule has 618 valence electrons. The summed E-state index contributed by atoms with van der Waals surface area (Å²) in [5.74, 6) is -1.86. The van der Waals surface area contributed by atoms with Crippen LogP contribution in [0.5, 0.6) is 0 Å². The fourth-order valence-corrected chi connectivity index (χ4v) is 14.3. The summed E-state index contributed by atoms with van der Waals surface area (Å²) in [6, 6.07) is 0. The van der Waals surface area contributed by atoms with Crippen LogP contribution in [0.2, 0.25) is 36.3 Å². The summed E-state index contributed by atoms with van der Waals surface area (Å²) in [7, 11) is -5.18. The van der Waals surface area contributed by atoms with Crippen molar-refractivity contribution in [3.05, 3.63) is 66.7 Å². The van der Waals surface area contributed by atoms with Crippen LogP contribution in [-0.2, 0) is 47.0 Å². The fourth-order valence-electron chi connectivity index (χ4n) is 11.7. The van der Waals surface area contributed by atoms with Crippen molar-refractivity contribution >= 4 is 109 Å². The number of alkyl halides is 1. The van der Waals surface area contributed by atoms with Crippen molar-refractivity contribution in [2.24, 2.45) is 23.7 Å². The Morgan fingerprint density at radius 3 is 0.964 bits per heavy atom. The van der Waals surface area contributed by atoms with Crippen molar-refractivity contribution in [2.75, 3.05) is 41.6 Å². The van der Waals surface area contributed by atoms with Crippen LogP contribution >= 0.6 is 0 Å². The Bertz CT molecular complexity index is 4570. The number of rotatable bonds is 20. The van der Waals surface area contributed by atoms with E-state index in [2.05, 4.69) is 156 Å². The van der Waals surface area contributed by atoms with Gasteiger partial charge in [-0.1, -0.05) is 111 Å². The largest absolute Gasteiger partial charge is 0.409 e. The lowest BCUT2D eigenvalue weighted by atomic mass is 10.1. The number of aliphatic hydroxyl groups excluding tert-OH is 4. The minimum absolute atomic E-state index is 0.000792. The smallest absolute Gasteiger partial charge is 0.280 e. The molecule has 112 heavy (non-hydrogen) atoms. The maximum absolute atomic E-state index is 12.6. The second-order valence-electron chi connectivity index (χ2n) is 32.2. The van der Waals surface area contributed by atoms with Crippen LogP contribution in [0.1, 0.15) is 176 Å². The minimum atomic E-state index is -2.13. The van der Waals surface area contributed by atoms with E-state index in [9.17, 15) is 63.2 Å². The van der Waals surface area contributed by atoms with E-state index in [0.717, 1.165) is 19.3 Å². The number of carbonyl (C=O) groups is 4. The first-order valence-corrected chi connectivity index (χ1v) is 43.2. The van der Waals surface area contributed by atoms with Crippen molar-refractivity contribution in [3.8, 4) is 0 Å². The normalized spacial score (nSPS) is 22.8. The van der Waals surface area contributed by atoms with Gasteiger partial charge in [0.2, 0.25) is 47.4 Å². The highest BCUT2D eigenvalue weighted by Crippen LogP contribution is 2.45. The van der Waals surface area contributed by atoms with Gasteiger partial charge in [-0.2, -0.15) is 19.9 Å². The van der Waals surface area contributed by atoms with Crippen LogP contribution < -0.4 is 43.5 Å². The van der Waals surface area contributed by atoms with Gasteiger partial charge in [0.15, 0.2) is 86.2 Å². The van der Waals surface area contributed by atoms with Gasteiger partial charge in [0.05, 0.1) is 83.7 Å². The number of ether oxygens (including phenoxy) is 4. The first-order chi connectivity index (χ1) is 52.9. The molecule has 12 atom stereocenters. The van der Waals surface area contributed by atoms with E-state index in [1.54, 1.807) is 70.9 Å². The van der Waals surface area contributed by atoms with Gasteiger partial charge in [0.25, 0.3) is 22.2 Å². The van der Waals surface area contributed by atoms with E-state index in [4.69, 9.17) is 29.2 Å². The number of carbonyl (C=O) groups excluding carboxylic acids is 4. The standard InChI is InChI=1S/C21H35N5O4Si.C20H33N5O5Si.C15H21N5O4.C14H19N5O5.CH3F/c1-9-13-10-14(30-31(7,8)21(4,5)6)19(29-13)26-11-22-15-16(26)23-20(25-18(15)28)24-17(27)12(2)3;1-11(2)16(27)23-19-22-15-14(17(28)24-19)21-10-25(15)18-13(8-12(9-26)29-18)30-31(6,7)20(3,4)5;1-4-8-5-9(21)14(24-8)20-6-16-10-11(20)17-15(19-13(10)23)18-12(22)7(2)3;1-6(2)11(22)17-14-16-10-9(12(23)18-14)15-5-19(10)13-8(21)3-7(4-20)24-13;1-2/h11-14,19H,9-10H2,1-8H3,(H2,23,24,25,27,28);10-13,18,26H,8-9H2,1-7H3,(H2,22,23,24,27,28);6-9,14,21H,4-5H2,1-3H3,(H2,17,18,19,22,23);5-8,13,20-21H,3-4H2,1-2H3,(H2,16,17,18,22,23);1H3/t13-,14-,19-;12-,13+,18+;8-,9-,14-;7-,8+,13+;/m1010./s1/i;;;;1D. The van der Waals surface area contributed by atoms with Gasteiger partial charge in [-0.25, -0.2) is 19.9 Å². The molecule has 4 aliphatic rings. The first kappa shape index (κ1) is 87.2. The number of anilines is 4. The number of imidazole rings is 4. The maximum Gasteiger partial charge on any atom is 0.280 e. The zero-order valence-electron chi connectivity index (χ0n) is 68.2. The Labute approximate surface area is 648 Å². The predicted molar refractivity (Wildman–Crippen MR) is 419 cm³/mol. The lowest BCUT2D eigenvalue weighted by molar-refractivity contribution is -0.119. The minimum Gasteiger partial charge on any atom is -0.409 e. The van der Waals surface area contributed by atoms with Gasteiger partial charge in [-0.05, 0) is 49.1 Å². The molecule has 0 aliphatic carbocycles. The number of nitrogens with one attached hydrogen (secondary N) is 8. The van der Waals surface area contributed by atoms with Crippen molar-refractivity contribution < 1.29 is 73.2 Å². The molecule has 0 saturated carbocycles. The summed E-state index contributed by atoms with van der Waals surface area (Å²) >= 11 is 0. The number of hydrogen-bond donors (Lipinski definition) is 12. The summed E-state index contributed by atoms with van der Waals surface area (Å²) in [6.07, 6.45) is 4.11. The summed E-state index contributed by atoms with van der Waals surface area (Å²) < 4.78 is 59.0. The second kappa shape index (κ2) is 36.6. The highest BCUT2D eigenvalue weighted by molar-refractivity contribution is 6.74. The van der Waals surface area contributed by atoms with Crippen molar-refractivity contribution in [1.29, 1.82) is 0 Å². The van der Waals surface area contributed by atoms with Crippen LogP contribution in [0, 0.1) is 23.7 Å². The molecule has 0 bridgehead atoms. The summed E-state index contributed by atoms with van der Waals surface area (Å²) in [4.78, 5) is 141. The van der Waals surface area contributed by atoms with E-state index in [0.29, 0.717) is 18.5 Å². The Balaban J connectivity index is 0.000000188. The van der Waals surface area contributed by atoms with Gasteiger partial charge in [0, 0.05) is 49.4 Å². The van der Waals surface area contributed by atoms with Gasteiger partial charge >= 0.3 is 0 Å². The fraction of sp³-hybridized carbons (Fsp3) is 0.662. The lowest BCUT2D eigenvalue weighted by Gasteiger charge is -2.39. The molecule has 41 heteroatoms. The van der Waals surface area contributed by atoms with Crippen molar-refractivity contribution in [3.63, 3.8) is 0 Å². The Morgan fingerprint density at radius 1 is 0.482 bits per heavy atom. The Hall–Kier alpha value is -8.76. The average Bonchev–Trinajstić information content (AvgIpc) is 1.64. The molecular weight excluding hydrogens is 1500 g/mol. The van der Waals surface area contributed by atoms with Crippen LogP contribution in [0.25, 0.3) is 44.7 Å². The van der Waals surface area contributed by atoms with Crippen LogP contribution in [0.4, 0.5) is 28.2 Å². The van der Waals surface area contributed by atoms with E-state index >= 15 is 0 Å². The zero-order valence-corrected chi connectivity index (χ0v) is 69.2. The lowest BCUT2D eigenvalue weighted by Crippen LogP contribution is -2.45. The highest BCUT2D eigenvalue weighted by Gasteiger charge is 2.48. The number of amides is 4. The van der Waals surface area contributed by atoms with Crippen molar-refractivity contribution in [2.45, 2.75) is 259 Å². The Morgan fingerprint density at radius 2 is 0.714 bits per heavy atom. The van der Waals surface area contributed by atoms with E-state index in [-0.39, 0.29) is 170 Å². The topological polar surface area (TPSA) is 507 Å². The molecule has 0 unspecified atom stereocenters. The number of aromatic amines is 4. The summed E-state index contributed by atoms with van der Waals surface area (Å²) in [5.41, 5.74) is -0.184. The van der Waals surface area contributed by atoms with Crippen LogP contribution in [0.15, 0.2) is 44.5 Å². The van der Waals surface area contributed by atoms with E-state index in [1.165, 1.54) is 28.1 Å². The van der Waals surface area contributed by atoms with Crippen molar-refractivity contribution in [1.82, 2.24) is 78.1 Å². The molecule has 4 aliphatic heterocycles. The third-order valence-electron chi connectivity index (χ3n) is 20.3. The second-order valence-corrected chi connectivity index (χ2v) is 41.7. The molecule has 12 heterocycles. The molecule has 8 aromatic heterocycles. The molecule has 0 spiro atoms. The molecule has 0 aromatic carbocycles. The molecule has 4 saturated heterocycles. The number of aromatic nitrogens is 16. The molecule has 4 fully saturated rings. The summed E-state index contributed by atoms with van der Waals surface area (Å²) in [5, 5.41) is 49.6. The number of hydrogen-bond acceptors (Lipinski definition) is 26. The van der Waals surface area contributed by atoms with Crippen LogP contribution in [-0.4, -0.2) is 208 Å². The van der Waals surface area contributed by atoms with Crippen LogP contribution in [0.3, 0.4) is 0 Å². The monoisotopic (exact) mass is 1610 g/mol. The average molecular weight is 1610 g/mol. The molecule has 12 N–H and O–H groups in total. The van der Waals surface area contributed by atoms with Gasteiger partial charge in [0.1, 0.15) is 12.2 Å². The highest BCUT2D eigenvalue weighted by atomic mass is 28.4. The quantitative estimate of drug-likeness (QED) is 0.0345. The molecule has 38 nitrogen and oxygen atoms in total. The first-order valence-electron chi connectivity index (χ1n) is 38.1. The number of fused-ring (bicyclic) bond motifs is 4. The number of nitrogens with zero attached hydrogens (tertiary/aromatic N) is 12. The molecule has 12 rings (SSSR count). The third kappa shape index (κ3) is 20.4. The van der Waals surface area contributed by atoms with Gasteiger partial charge < -0.3 is 48.2 Å². The Kier molecular flexibility index (Phi) is 28.5. The van der Waals surface area contributed by atoms with E-state index < -0.39 is 89.2 Å². The molecule has 0 radical (unpaired) electrons. The SMILES string of the molecule is CC(C)C(=O)Nc1nc2c(ncn2[C@@H]2O[C@H](CO)C[C@H]2O)c(=O)[nH]1.CC(C)C(=O)Nc1nc2c(ncn2[C@@H]2O[C@H](CO)C[C@H]2O[Si](C)(C)C(C)(C)C)c(=O)[nH]1.CC[C@@H]1C[C@@H](O)[C@H](n2cnc3c(=O)[nH]c(NC(=O)C(C)C)nc32)O1.CC[C@@H]1C[C@@H](O[Si](C)(C)C(C)(C)C)[C@H](n2cnc3c(=O)[nH]c(NC(=O)C(C)C)nc32)O1.[2H]CF. The van der Waals surface area contributed by atoms with E-state index in [1.807, 2.05) is 6.92 Å². The zero-order chi connectivity index (χ0) is 83.8. The summed E-state index contributed by atoms with van der Waals surface area (Å²) in [6.45, 7) is 39.5. The predicted octanol–water partition coefficient (Wildman–Crippen LogP) is 6.90. The third-order valence-corrected chi connectivity index (χ3v) is 29.3. The van der Waals surface area contributed by atoms with Gasteiger partial charge in [-0.15, -0.1) is 0 Å². The molecular formula is C71H111FN20O18Si2. The van der Waals surface area contributed by atoms with Gasteiger partial charge in [-0.3, -0.25) is 102 Å². The number of aliphatic hydroxyl groups is 4. The maximum atomic E-state index is 12.6. The molecule has 8 aromatic rings. The number of H-pyrrole nitrogens is 4.